The fourth-order valence-electron chi connectivity index (χ4n) is 0.347. The van der Waals surface area contributed by atoms with E-state index in [4.69, 9.17) is 4.74 Å². The maximum Gasteiger partial charge on any atom is 0.124 e. The van der Waals surface area contributed by atoms with Crippen LogP contribution in [0.3, 0.4) is 0 Å². The Morgan fingerprint density at radius 2 is 1.73 bits per heavy atom. The molecule has 1 atom stereocenters. The van der Waals surface area contributed by atoms with Gasteiger partial charge in [-0.25, -0.2) is 0 Å². The van der Waals surface area contributed by atoms with Gasteiger partial charge < -0.3 is 4.74 Å². The zero-order valence-corrected chi connectivity index (χ0v) is 7.56. The molecule has 1 nitrogen and oxygen atoms in total. The molecule has 0 spiro atoms. The van der Waals surface area contributed by atoms with Gasteiger partial charge in [-0.2, -0.15) is 0 Å². The van der Waals surface area contributed by atoms with Crippen molar-refractivity contribution in [2.24, 2.45) is 5.92 Å². The van der Waals surface area contributed by atoms with Gasteiger partial charge in [-0.1, -0.05) is 19.8 Å². The van der Waals surface area contributed by atoms with Gasteiger partial charge in [0.1, 0.15) is 12.2 Å². The third-order valence-electron chi connectivity index (χ3n) is 1.42. The fourth-order valence-corrected chi connectivity index (χ4v) is 0.347. The van der Waals surface area contributed by atoms with E-state index in [1.165, 1.54) is 0 Å². The van der Waals surface area contributed by atoms with Crippen LogP contribution in [-0.4, -0.2) is 6.10 Å². The molecule has 0 aromatic heterocycles. The maximum atomic E-state index is 5.14. The van der Waals surface area contributed by atoms with Crippen molar-refractivity contribution in [3.63, 3.8) is 0 Å². The minimum Gasteiger partial charge on any atom is -0.443 e. The van der Waals surface area contributed by atoms with E-state index in [9.17, 15) is 0 Å². The first kappa shape index (κ1) is 9.92. The summed E-state index contributed by atoms with van der Waals surface area (Å²) < 4.78 is 5.14. The van der Waals surface area contributed by atoms with E-state index in [2.05, 4.69) is 37.7 Å². The Hall–Kier alpha value is -1.08. The van der Waals surface area contributed by atoms with Crippen molar-refractivity contribution in [1.82, 2.24) is 0 Å². The Labute approximate surface area is 69.1 Å². The molecule has 0 saturated carbocycles. The van der Waals surface area contributed by atoms with E-state index >= 15 is 0 Å². The highest BCUT2D eigenvalue weighted by Gasteiger charge is 2.04. The van der Waals surface area contributed by atoms with Gasteiger partial charge >= 0.3 is 0 Å². The second kappa shape index (κ2) is 5.69. The van der Waals surface area contributed by atoms with Gasteiger partial charge in [-0.3, -0.25) is 0 Å². The van der Waals surface area contributed by atoms with E-state index in [1.54, 1.807) is 6.92 Å². The van der Waals surface area contributed by atoms with Crippen LogP contribution in [0.2, 0.25) is 0 Å². The minimum absolute atomic E-state index is 0.182. The van der Waals surface area contributed by atoms with Crippen molar-refractivity contribution in [2.45, 2.75) is 33.8 Å². The largest absolute Gasteiger partial charge is 0.443 e. The highest BCUT2D eigenvalue weighted by Crippen LogP contribution is 2.03. The predicted octanol–water partition coefficient (Wildman–Crippen LogP) is 2.03. The first-order valence-corrected chi connectivity index (χ1v) is 3.76. The topological polar surface area (TPSA) is 9.23 Å². The van der Waals surface area contributed by atoms with Gasteiger partial charge in [0.25, 0.3) is 0 Å². The van der Waals surface area contributed by atoms with Crippen molar-refractivity contribution in [3.05, 3.63) is 0 Å². The average molecular weight is 150 g/mol. The number of rotatable bonds is 2. The first-order chi connectivity index (χ1) is 5.18. The summed E-state index contributed by atoms with van der Waals surface area (Å²) in [5, 5.41) is 0. The van der Waals surface area contributed by atoms with Gasteiger partial charge in [0, 0.05) is 5.92 Å². The summed E-state index contributed by atoms with van der Waals surface area (Å²) >= 11 is 0. The van der Waals surface area contributed by atoms with Crippen LogP contribution in [0.15, 0.2) is 0 Å². The molecule has 0 heterocycles. The highest BCUT2D eigenvalue weighted by molar-refractivity contribution is 5.22. The average Bonchev–Trinajstić information content (AvgIpc) is 1.97. The molecule has 0 saturated heterocycles. The van der Waals surface area contributed by atoms with Crippen LogP contribution in [0, 0.1) is 29.8 Å². The quantitative estimate of drug-likeness (QED) is 0.547. The zero-order valence-electron chi connectivity index (χ0n) is 7.56. The Morgan fingerprint density at radius 3 is 2.18 bits per heavy atom. The molecule has 1 unspecified atom stereocenters. The molecule has 0 N–H and O–H groups in total. The number of hydrogen-bond acceptors (Lipinski definition) is 1. The predicted molar refractivity (Wildman–Crippen MR) is 46.6 cm³/mol. The Bertz CT molecular complexity index is 206. The first-order valence-electron chi connectivity index (χ1n) is 3.76. The summed E-state index contributed by atoms with van der Waals surface area (Å²) in [7, 11) is 0. The second-order valence-corrected chi connectivity index (χ2v) is 2.67. The van der Waals surface area contributed by atoms with E-state index in [0.717, 1.165) is 0 Å². The van der Waals surface area contributed by atoms with E-state index in [1.807, 2.05) is 6.92 Å². The third kappa shape index (κ3) is 5.37. The monoisotopic (exact) mass is 150 g/mol. The molecule has 60 valence electrons. The molecule has 1 heteroatoms. The summed E-state index contributed by atoms with van der Waals surface area (Å²) in [4.78, 5) is 0. The summed E-state index contributed by atoms with van der Waals surface area (Å²) in [5.74, 6) is 8.36. The van der Waals surface area contributed by atoms with Crippen LogP contribution >= 0.6 is 0 Å². The summed E-state index contributed by atoms with van der Waals surface area (Å²) in [6.07, 6.45) is 2.73. The van der Waals surface area contributed by atoms with Crippen molar-refractivity contribution in [1.29, 1.82) is 0 Å². The van der Waals surface area contributed by atoms with Crippen LogP contribution in [0.25, 0.3) is 0 Å². The lowest BCUT2D eigenvalue weighted by molar-refractivity contribution is 0.138. The Kier molecular flexibility index (Phi) is 5.13. The van der Waals surface area contributed by atoms with Gasteiger partial charge in [-0.15, -0.1) is 0 Å². The molecule has 0 aliphatic carbocycles. The van der Waals surface area contributed by atoms with Gasteiger partial charge in [0.05, 0.1) is 0 Å². The zero-order chi connectivity index (χ0) is 8.69. The Balaban J connectivity index is 3.69. The van der Waals surface area contributed by atoms with Crippen molar-refractivity contribution < 1.29 is 4.74 Å². The summed E-state index contributed by atoms with van der Waals surface area (Å²) in [6, 6.07) is 0. The molecular formula is C10H14O. The van der Waals surface area contributed by atoms with E-state index < -0.39 is 0 Å². The molecular weight excluding hydrogens is 136 g/mol. The smallest absolute Gasteiger partial charge is 0.124 e. The van der Waals surface area contributed by atoms with Crippen molar-refractivity contribution in [2.75, 3.05) is 0 Å². The molecule has 0 amide bonds. The molecule has 0 aliphatic heterocycles. The lowest BCUT2D eigenvalue weighted by Gasteiger charge is -2.11. The van der Waals surface area contributed by atoms with Crippen LogP contribution in [0.5, 0.6) is 0 Å². The molecule has 0 rings (SSSR count). The second-order valence-electron chi connectivity index (χ2n) is 2.67. The van der Waals surface area contributed by atoms with Gasteiger partial charge in [0.2, 0.25) is 0 Å². The standard InChI is InChI=1S/C10H14O/c1-5-6-7-8-11-10(4)9(2)3/h9-10H,1-4H3. The SMILES string of the molecule is CC#CC#COC(C)C(C)C. The molecule has 0 fully saturated rings. The number of ether oxygens (including phenoxy) is 1. The maximum absolute atomic E-state index is 5.14. The van der Waals surface area contributed by atoms with Crippen LogP contribution in [0.1, 0.15) is 27.7 Å². The molecule has 0 aromatic carbocycles. The van der Waals surface area contributed by atoms with E-state index in [-0.39, 0.29) is 6.10 Å². The molecule has 11 heavy (non-hydrogen) atoms. The van der Waals surface area contributed by atoms with Gasteiger partial charge in [-0.05, 0) is 25.7 Å². The number of hydrogen-bond donors (Lipinski definition) is 0. The fraction of sp³-hybridized carbons (Fsp3) is 0.600. The molecule has 0 aromatic rings. The molecule has 0 aliphatic rings. The van der Waals surface area contributed by atoms with Crippen LogP contribution < -0.4 is 0 Å². The highest BCUT2D eigenvalue weighted by atomic mass is 16.5. The van der Waals surface area contributed by atoms with Crippen molar-refractivity contribution >= 4 is 0 Å². The lowest BCUT2D eigenvalue weighted by atomic mass is 10.1. The van der Waals surface area contributed by atoms with Crippen molar-refractivity contribution in [3.8, 4) is 23.9 Å². The summed E-state index contributed by atoms with van der Waals surface area (Å²) in [6.45, 7) is 7.94. The molecule has 0 radical (unpaired) electrons. The Morgan fingerprint density at radius 1 is 1.09 bits per heavy atom. The van der Waals surface area contributed by atoms with Crippen LogP contribution in [0.4, 0.5) is 0 Å². The normalized spacial score (nSPS) is 10.6. The third-order valence-corrected chi connectivity index (χ3v) is 1.42. The minimum atomic E-state index is 0.182. The van der Waals surface area contributed by atoms with E-state index in [0.29, 0.717) is 5.92 Å². The van der Waals surface area contributed by atoms with Crippen LogP contribution in [-0.2, 0) is 4.74 Å². The summed E-state index contributed by atoms with van der Waals surface area (Å²) in [5.41, 5.74) is 0. The molecule has 0 bridgehead atoms. The van der Waals surface area contributed by atoms with Gasteiger partial charge in [0.15, 0.2) is 0 Å². The lowest BCUT2D eigenvalue weighted by Crippen LogP contribution is -2.11.